The lowest BCUT2D eigenvalue weighted by molar-refractivity contribution is -0.133. The fraction of sp³-hybridized carbons (Fsp3) is 0.667. The van der Waals surface area contributed by atoms with Gasteiger partial charge in [0.1, 0.15) is 23.1 Å². The first kappa shape index (κ1) is 17.0. The highest BCUT2D eigenvalue weighted by Gasteiger charge is 2.47. The molecule has 2 rings (SSSR count). The molecule has 1 aromatic heterocycles. The zero-order chi connectivity index (χ0) is 16.9. The number of rotatable bonds is 3. The van der Waals surface area contributed by atoms with Crippen LogP contribution in [0, 0.1) is 5.41 Å². The Morgan fingerprint density at radius 3 is 2.41 bits per heavy atom. The predicted molar refractivity (Wildman–Crippen MR) is 82.9 cm³/mol. The van der Waals surface area contributed by atoms with Crippen LogP contribution in [-0.4, -0.2) is 37.6 Å². The molecule has 0 aliphatic carbocycles. The van der Waals surface area contributed by atoms with Gasteiger partial charge < -0.3 is 9.32 Å². The Bertz CT molecular complexity index is 683. The van der Waals surface area contributed by atoms with Crippen molar-refractivity contribution >= 4 is 15.7 Å². The first-order valence-electron chi connectivity index (χ1n) is 7.18. The Kier molecular flexibility index (Phi) is 3.94. The normalized spacial score (nSPS) is 22.4. The molecular weight excluding hydrogens is 304 g/mol. The maximum atomic E-state index is 12.6. The number of furan rings is 1. The molecule has 6 nitrogen and oxygen atoms in total. The lowest BCUT2D eigenvalue weighted by atomic mass is 9.95. The summed E-state index contributed by atoms with van der Waals surface area (Å²) in [4.78, 5) is 14.4. The van der Waals surface area contributed by atoms with Gasteiger partial charge in [-0.05, 0) is 19.3 Å². The molecule has 1 aromatic rings. The van der Waals surface area contributed by atoms with Crippen LogP contribution in [0.5, 0.6) is 0 Å². The number of hydrogen-bond donors (Lipinski definition) is 1. The van der Waals surface area contributed by atoms with Crippen molar-refractivity contribution in [2.24, 2.45) is 5.41 Å². The van der Waals surface area contributed by atoms with E-state index in [0.717, 1.165) is 6.26 Å². The van der Waals surface area contributed by atoms with Crippen molar-refractivity contribution in [3.05, 3.63) is 18.1 Å². The van der Waals surface area contributed by atoms with Crippen molar-refractivity contribution in [1.82, 2.24) is 10.2 Å². The van der Waals surface area contributed by atoms with Crippen molar-refractivity contribution in [2.45, 2.75) is 51.2 Å². The molecule has 1 saturated heterocycles. The van der Waals surface area contributed by atoms with Gasteiger partial charge in [-0.25, -0.2) is 8.42 Å². The molecular formula is C15H24N2O4S. The summed E-state index contributed by atoms with van der Waals surface area (Å²) in [6.07, 6.45) is 1.89. The van der Waals surface area contributed by atoms with Gasteiger partial charge in [0.05, 0.1) is 5.54 Å². The third-order valence-corrected chi connectivity index (χ3v) is 4.61. The molecule has 1 aliphatic heterocycles. The van der Waals surface area contributed by atoms with E-state index in [-0.39, 0.29) is 16.2 Å². The molecule has 0 radical (unpaired) electrons. The van der Waals surface area contributed by atoms with Crippen LogP contribution < -0.4 is 5.32 Å². The molecule has 1 atom stereocenters. The van der Waals surface area contributed by atoms with E-state index in [1.807, 2.05) is 34.6 Å². The van der Waals surface area contributed by atoms with E-state index in [1.54, 1.807) is 4.90 Å². The quantitative estimate of drug-likeness (QED) is 0.917. The van der Waals surface area contributed by atoms with Crippen LogP contribution in [0.3, 0.4) is 0 Å². The monoisotopic (exact) mass is 328 g/mol. The second-order valence-electron chi connectivity index (χ2n) is 7.62. The number of carbonyl (C=O) groups excluding carboxylic acids is 1. The number of amides is 1. The van der Waals surface area contributed by atoms with Crippen molar-refractivity contribution in [3.63, 3.8) is 0 Å². The molecule has 0 spiro atoms. The van der Waals surface area contributed by atoms with Crippen LogP contribution in [0.15, 0.2) is 21.6 Å². The van der Waals surface area contributed by atoms with Gasteiger partial charge in [0.15, 0.2) is 9.84 Å². The summed E-state index contributed by atoms with van der Waals surface area (Å²) in [5.41, 5.74) is -0.795. The van der Waals surface area contributed by atoms with E-state index in [1.165, 1.54) is 12.3 Å². The topological polar surface area (TPSA) is 79.6 Å². The highest BCUT2D eigenvalue weighted by atomic mass is 32.2. The number of carbonyl (C=O) groups is 1. The van der Waals surface area contributed by atoms with Gasteiger partial charge in [0.2, 0.25) is 5.91 Å². The van der Waals surface area contributed by atoms with E-state index in [4.69, 9.17) is 4.42 Å². The zero-order valence-corrected chi connectivity index (χ0v) is 14.7. The summed E-state index contributed by atoms with van der Waals surface area (Å²) in [6.45, 7) is 10.3. The minimum Gasteiger partial charge on any atom is -0.464 e. The zero-order valence-electron chi connectivity index (χ0n) is 13.9. The van der Waals surface area contributed by atoms with E-state index < -0.39 is 21.5 Å². The maximum Gasteiger partial charge on any atom is 0.244 e. The summed E-state index contributed by atoms with van der Waals surface area (Å²) < 4.78 is 28.6. The molecule has 22 heavy (non-hydrogen) atoms. The standard InChI is InChI=1S/C15H24N2O4S/c1-14(2,3)9-17-12(16-15(4,5)13(17)18)11-7-10(8-21-11)22(6,19)20/h7-8,12,16H,9H2,1-6H3. The highest BCUT2D eigenvalue weighted by molar-refractivity contribution is 7.90. The number of sulfone groups is 1. The largest absolute Gasteiger partial charge is 0.464 e. The molecule has 124 valence electrons. The molecule has 1 unspecified atom stereocenters. The SMILES string of the molecule is CC(C)(C)CN1C(=O)C(C)(C)NC1c1cc(S(C)(=O)=O)co1. The minimum atomic E-state index is -3.33. The third-order valence-electron chi connectivity index (χ3n) is 3.54. The molecule has 1 amide bonds. The molecule has 7 heteroatoms. The second-order valence-corrected chi connectivity index (χ2v) is 9.64. The molecule has 0 bridgehead atoms. The summed E-state index contributed by atoms with van der Waals surface area (Å²) in [6, 6.07) is 1.48. The van der Waals surface area contributed by atoms with Crippen molar-refractivity contribution < 1.29 is 17.6 Å². The van der Waals surface area contributed by atoms with Crippen LogP contribution in [0.1, 0.15) is 46.5 Å². The van der Waals surface area contributed by atoms with Crippen LogP contribution in [0.25, 0.3) is 0 Å². The van der Waals surface area contributed by atoms with Crippen LogP contribution in [0.2, 0.25) is 0 Å². The lowest BCUT2D eigenvalue weighted by Gasteiger charge is -2.30. The Hall–Kier alpha value is -1.34. The van der Waals surface area contributed by atoms with Gasteiger partial charge in [0, 0.05) is 18.9 Å². The van der Waals surface area contributed by atoms with E-state index in [9.17, 15) is 13.2 Å². The minimum absolute atomic E-state index is 0.0234. The Morgan fingerprint density at radius 1 is 1.36 bits per heavy atom. The average molecular weight is 328 g/mol. The van der Waals surface area contributed by atoms with Crippen LogP contribution in [-0.2, 0) is 14.6 Å². The summed E-state index contributed by atoms with van der Waals surface area (Å²) in [7, 11) is -3.33. The van der Waals surface area contributed by atoms with E-state index >= 15 is 0 Å². The number of hydrogen-bond acceptors (Lipinski definition) is 5. The van der Waals surface area contributed by atoms with Crippen molar-refractivity contribution in [3.8, 4) is 0 Å². The smallest absolute Gasteiger partial charge is 0.244 e. The van der Waals surface area contributed by atoms with Crippen LogP contribution in [0.4, 0.5) is 0 Å². The van der Waals surface area contributed by atoms with Gasteiger partial charge in [-0.1, -0.05) is 20.8 Å². The average Bonchev–Trinajstić information content (AvgIpc) is 2.86. The maximum absolute atomic E-state index is 12.6. The predicted octanol–water partition coefficient (Wildman–Crippen LogP) is 1.94. The fourth-order valence-electron chi connectivity index (χ4n) is 2.53. The Labute approximate surface area is 131 Å². The molecule has 1 N–H and O–H groups in total. The second kappa shape index (κ2) is 5.09. The van der Waals surface area contributed by atoms with Crippen LogP contribution >= 0.6 is 0 Å². The van der Waals surface area contributed by atoms with Crippen molar-refractivity contribution in [1.29, 1.82) is 0 Å². The molecule has 2 heterocycles. The van der Waals surface area contributed by atoms with Gasteiger partial charge in [0.25, 0.3) is 0 Å². The Morgan fingerprint density at radius 2 is 1.95 bits per heavy atom. The molecule has 1 aliphatic rings. The summed E-state index contributed by atoms with van der Waals surface area (Å²) in [5.74, 6) is 0.410. The number of nitrogens with one attached hydrogen (secondary N) is 1. The fourth-order valence-corrected chi connectivity index (χ4v) is 3.08. The van der Waals surface area contributed by atoms with Gasteiger partial charge in [-0.3, -0.25) is 10.1 Å². The van der Waals surface area contributed by atoms with Gasteiger partial charge in [-0.2, -0.15) is 0 Å². The lowest BCUT2D eigenvalue weighted by Crippen LogP contribution is -2.41. The number of nitrogens with zero attached hydrogens (tertiary/aromatic N) is 1. The summed E-state index contributed by atoms with van der Waals surface area (Å²) >= 11 is 0. The van der Waals surface area contributed by atoms with Gasteiger partial charge in [-0.15, -0.1) is 0 Å². The van der Waals surface area contributed by atoms with Crippen molar-refractivity contribution in [2.75, 3.05) is 12.8 Å². The molecule has 0 saturated carbocycles. The first-order chi connectivity index (χ1) is 9.81. The van der Waals surface area contributed by atoms with E-state index in [0.29, 0.717) is 12.3 Å². The third kappa shape index (κ3) is 3.35. The molecule has 0 aromatic carbocycles. The highest BCUT2D eigenvalue weighted by Crippen LogP contribution is 2.34. The molecule has 1 fully saturated rings. The van der Waals surface area contributed by atoms with Gasteiger partial charge >= 0.3 is 0 Å². The Balaban J connectivity index is 2.39. The van der Waals surface area contributed by atoms with E-state index in [2.05, 4.69) is 5.32 Å². The summed E-state index contributed by atoms with van der Waals surface area (Å²) in [5, 5.41) is 3.22. The first-order valence-corrected chi connectivity index (χ1v) is 9.08.